The maximum Gasteiger partial charge on any atom is 0.220 e. The van der Waals surface area contributed by atoms with E-state index in [0.717, 1.165) is 21.8 Å². The minimum Gasteiger partial charge on any atom is -0.349 e. The third-order valence-corrected chi connectivity index (χ3v) is 4.97. The second-order valence-electron chi connectivity index (χ2n) is 5.59. The van der Waals surface area contributed by atoms with Crippen molar-refractivity contribution in [1.29, 1.82) is 5.26 Å². The molecule has 2 rings (SSSR count). The first-order valence-corrected chi connectivity index (χ1v) is 8.63. The van der Waals surface area contributed by atoms with E-state index in [1.165, 1.54) is 0 Å². The van der Waals surface area contributed by atoms with Crippen molar-refractivity contribution in [3.05, 3.63) is 39.3 Å². The van der Waals surface area contributed by atoms with Crippen LogP contribution in [0.1, 0.15) is 47.6 Å². The molecule has 0 fully saturated rings. The number of hydrogen-bond donors (Lipinski definition) is 1. The van der Waals surface area contributed by atoms with Crippen LogP contribution in [-0.2, 0) is 17.8 Å². The first-order valence-electron chi connectivity index (χ1n) is 7.75. The summed E-state index contributed by atoms with van der Waals surface area (Å²) in [6.07, 6.45) is 1.56. The zero-order valence-corrected chi connectivity index (χ0v) is 14.6. The molecule has 2 aromatic heterocycles. The molecule has 23 heavy (non-hydrogen) atoms. The summed E-state index contributed by atoms with van der Waals surface area (Å²) in [5.41, 5.74) is 3.11. The molecular formula is C17H22N4OS. The van der Waals surface area contributed by atoms with E-state index < -0.39 is 0 Å². The van der Waals surface area contributed by atoms with Gasteiger partial charge >= 0.3 is 0 Å². The number of thiophene rings is 1. The molecule has 0 saturated carbocycles. The van der Waals surface area contributed by atoms with Gasteiger partial charge in [-0.05, 0) is 44.2 Å². The molecule has 0 aromatic carbocycles. The summed E-state index contributed by atoms with van der Waals surface area (Å²) in [6.45, 7) is 6.56. The molecule has 2 heterocycles. The minimum atomic E-state index is 0.0445. The summed E-state index contributed by atoms with van der Waals surface area (Å²) in [7, 11) is 0. The Kier molecular flexibility index (Phi) is 5.94. The molecule has 1 N–H and O–H groups in total. The lowest BCUT2D eigenvalue weighted by atomic mass is 10.1. The van der Waals surface area contributed by atoms with E-state index in [1.54, 1.807) is 11.3 Å². The van der Waals surface area contributed by atoms with E-state index in [4.69, 9.17) is 5.26 Å². The third kappa shape index (κ3) is 4.42. The highest BCUT2D eigenvalue weighted by molar-refractivity contribution is 7.10. The minimum absolute atomic E-state index is 0.0445. The number of amides is 1. The zero-order valence-electron chi connectivity index (χ0n) is 13.8. The summed E-state index contributed by atoms with van der Waals surface area (Å²) < 4.78 is 1.86. The van der Waals surface area contributed by atoms with Crippen molar-refractivity contribution in [3.8, 4) is 6.07 Å². The third-order valence-electron chi connectivity index (χ3n) is 3.92. The number of carbonyl (C=O) groups is 1. The van der Waals surface area contributed by atoms with Gasteiger partial charge in [-0.25, -0.2) is 0 Å². The Morgan fingerprint density at radius 2 is 2.30 bits per heavy atom. The van der Waals surface area contributed by atoms with Crippen LogP contribution >= 0.6 is 11.3 Å². The van der Waals surface area contributed by atoms with Crippen molar-refractivity contribution in [2.24, 2.45) is 0 Å². The van der Waals surface area contributed by atoms with Gasteiger partial charge in [0.05, 0.1) is 30.8 Å². The van der Waals surface area contributed by atoms with Crippen molar-refractivity contribution in [3.63, 3.8) is 0 Å². The summed E-state index contributed by atoms with van der Waals surface area (Å²) in [5, 5.41) is 18.2. The summed E-state index contributed by atoms with van der Waals surface area (Å²) in [6, 6.07) is 6.20. The van der Waals surface area contributed by atoms with E-state index >= 15 is 0 Å². The van der Waals surface area contributed by atoms with Crippen LogP contribution in [0.25, 0.3) is 0 Å². The molecule has 0 bridgehead atoms. The normalized spacial score (nSPS) is 11.9. The number of hydrogen-bond acceptors (Lipinski definition) is 4. The topological polar surface area (TPSA) is 70.7 Å². The highest BCUT2D eigenvalue weighted by Crippen LogP contribution is 2.19. The molecule has 0 spiro atoms. The zero-order chi connectivity index (χ0) is 16.8. The Bertz CT molecular complexity index is 697. The predicted molar refractivity (Wildman–Crippen MR) is 91.1 cm³/mol. The Labute approximate surface area is 140 Å². The van der Waals surface area contributed by atoms with Gasteiger partial charge in [-0.2, -0.15) is 10.4 Å². The first-order chi connectivity index (χ1) is 11.0. The van der Waals surface area contributed by atoms with Crippen molar-refractivity contribution in [2.75, 3.05) is 0 Å². The molecule has 0 unspecified atom stereocenters. The van der Waals surface area contributed by atoms with E-state index in [1.807, 2.05) is 43.0 Å². The monoisotopic (exact) mass is 330 g/mol. The molecule has 2 aromatic rings. The number of aromatic nitrogens is 2. The van der Waals surface area contributed by atoms with Crippen LogP contribution in [0.2, 0.25) is 0 Å². The Hall–Kier alpha value is -2.13. The number of carbonyl (C=O) groups excluding carboxylic acids is 1. The largest absolute Gasteiger partial charge is 0.349 e. The molecule has 6 heteroatoms. The van der Waals surface area contributed by atoms with Crippen molar-refractivity contribution in [1.82, 2.24) is 15.1 Å². The van der Waals surface area contributed by atoms with Gasteiger partial charge in [0.2, 0.25) is 5.91 Å². The van der Waals surface area contributed by atoms with Crippen LogP contribution in [0, 0.1) is 25.2 Å². The molecule has 0 aliphatic heterocycles. The quantitative estimate of drug-likeness (QED) is 0.847. The van der Waals surface area contributed by atoms with E-state index in [-0.39, 0.29) is 11.9 Å². The van der Waals surface area contributed by atoms with Crippen LogP contribution in [0.4, 0.5) is 0 Å². The van der Waals surface area contributed by atoms with Crippen LogP contribution in [-0.4, -0.2) is 15.7 Å². The van der Waals surface area contributed by atoms with Crippen LogP contribution in [0.3, 0.4) is 0 Å². The number of nitrogens with one attached hydrogen (secondary N) is 1. The number of rotatable bonds is 7. The van der Waals surface area contributed by atoms with Gasteiger partial charge in [0, 0.05) is 17.0 Å². The maximum atomic E-state index is 12.1. The van der Waals surface area contributed by atoms with Gasteiger partial charge in [-0.1, -0.05) is 6.07 Å². The average molecular weight is 330 g/mol. The fourth-order valence-corrected chi connectivity index (χ4v) is 3.36. The Balaban J connectivity index is 1.91. The van der Waals surface area contributed by atoms with Gasteiger partial charge in [0.25, 0.3) is 0 Å². The molecule has 122 valence electrons. The van der Waals surface area contributed by atoms with Crippen LogP contribution in [0.5, 0.6) is 0 Å². The van der Waals surface area contributed by atoms with E-state index in [2.05, 4.69) is 16.5 Å². The first kappa shape index (κ1) is 17.2. The Morgan fingerprint density at radius 1 is 1.52 bits per heavy atom. The van der Waals surface area contributed by atoms with Gasteiger partial charge < -0.3 is 5.32 Å². The second kappa shape index (κ2) is 7.93. The van der Waals surface area contributed by atoms with Gasteiger partial charge in [-0.3, -0.25) is 9.48 Å². The highest BCUT2D eigenvalue weighted by Gasteiger charge is 2.14. The molecule has 1 atom stereocenters. The van der Waals surface area contributed by atoms with Crippen molar-refractivity contribution >= 4 is 17.2 Å². The van der Waals surface area contributed by atoms with Crippen molar-refractivity contribution < 1.29 is 4.79 Å². The predicted octanol–water partition coefficient (Wildman–Crippen LogP) is 3.29. The Morgan fingerprint density at radius 3 is 2.96 bits per heavy atom. The molecule has 1 amide bonds. The molecule has 0 aliphatic carbocycles. The summed E-state index contributed by atoms with van der Waals surface area (Å²) in [5.74, 6) is 0.0504. The lowest BCUT2D eigenvalue weighted by Gasteiger charge is -2.12. The van der Waals surface area contributed by atoms with Gasteiger partial charge in [-0.15, -0.1) is 11.3 Å². The molecule has 0 radical (unpaired) electrons. The SMILES string of the molecule is Cc1nn(CCC#N)c(C)c1CCC(=O)N[C@@H](C)c1cccs1. The van der Waals surface area contributed by atoms with Crippen LogP contribution in [0.15, 0.2) is 17.5 Å². The molecular weight excluding hydrogens is 308 g/mol. The lowest BCUT2D eigenvalue weighted by Crippen LogP contribution is -2.26. The fraction of sp³-hybridized carbons (Fsp3) is 0.471. The fourth-order valence-electron chi connectivity index (χ4n) is 2.63. The standard InChI is InChI=1S/C17H22N4OS/c1-12-15(14(3)21(20-12)10-5-9-18)7-8-17(22)19-13(2)16-6-4-11-23-16/h4,6,11,13H,5,7-8,10H2,1-3H3,(H,19,22)/t13-/m0/s1. The van der Waals surface area contributed by atoms with E-state index in [0.29, 0.717) is 25.8 Å². The number of nitriles is 1. The smallest absolute Gasteiger partial charge is 0.220 e. The van der Waals surface area contributed by atoms with Crippen molar-refractivity contribution in [2.45, 2.75) is 52.6 Å². The summed E-state index contributed by atoms with van der Waals surface area (Å²) in [4.78, 5) is 13.3. The second-order valence-corrected chi connectivity index (χ2v) is 6.56. The lowest BCUT2D eigenvalue weighted by molar-refractivity contribution is -0.121. The molecule has 0 saturated heterocycles. The molecule has 0 aliphatic rings. The van der Waals surface area contributed by atoms with Gasteiger partial charge in [0.1, 0.15) is 0 Å². The maximum absolute atomic E-state index is 12.1. The van der Waals surface area contributed by atoms with E-state index in [9.17, 15) is 4.79 Å². The van der Waals surface area contributed by atoms with Crippen LogP contribution < -0.4 is 5.32 Å². The number of aryl methyl sites for hydroxylation is 2. The number of nitrogens with zero attached hydrogens (tertiary/aromatic N) is 3. The molecule has 5 nitrogen and oxygen atoms in total. The highest BCUT2D eigenvalue weighted by atomic mass is 32.1. The van der Waals surface area contributed by atoms with Gasteiger partial charge in [0.15, 0.2) is 0 Å². The summed E-state index contributed by atoms with van der Waals surface area (Å²) >= 11 is 1.65. The average Bonchev–Trinajstić information content (AvgIpc) is 3.13.